The molecule has 0 aromatic rings. The van der Waals surface area contributed by atoms with Gasteiger partial charge < -0.3 is 9.53 Å². The van der Waals surface area contributed by atoms with Gasteiger partial charge in [-0.15, -0.1) is 0 Å². The Morgan fingerprint density at radius 1 is 1.31 bits per heavy atom. The lowest BCUT2D eigenvalue weighted by Gasteiger charge is -2.30. The molecule has 0 saturated carbocycles. The summed E-state index contributed by atoms with van der Waals surface area (Å²) >= 11 is 0. The number of rotatable bonds is 6. The van der Waals surface area contributed by atoms with E-state index in [4.69, 9.17) is 4.43 Å². The summed E-state index contributed by atoms with van der Waals surface area (Å²) < 4.78 is 6.00. The van der Waals surface area contributed by atoms with E-state index < -0.39 is 8.32 Å². The van der Waals surface area contributed by atoms with E-state index in [1.807, 2.05) is 19.9 Å². The van der Waals surface area contributed by atoms with Crippen LogP contribution in [0.5, 0.6) is 0 Å². The predicted molar refractivity (Wildman–Crippen MR) is 72.8 cm³/mol. The van der Waals surface area contributed by atoms with Gasteiger partial charge in [-0.25, -0.2) is 0 Å². The SMILES string of the molecule is C/C=C(/O[Si](C)(C)C)[C@@H](C)[C@@H](O)[C@@H](C)CC. The average Bonchev–Trinajstić information content (AvgIpc) is 2.21. The van der Waals surface area contributed by atoms with E-state index in [0.29, 0.717) is 5.92 Å². The van der Waals surface area contributed by atoms with Crippen molar-refractivity contribution in [3.8, 4) is 0 Å². The zero-order valence-electron chi connectivity index (χ0n) is 11.9. The lowest BCUT2D eigenvalue weighted by molar-refractivity contribution is 0.0621. The quantitative estimate of drug-likeness (QED) is 0.569. The van der Waals surface area contributed by atoms with Crippen molar-refractivity contribution in [2.75, 3.05) is 0 Å². The summed E-state index contributed by atoms with van der Waals surface area (Å²) in [6.07, 6.45) is 2.68. The smallest absolute Gasteiger partial charge is 0.241 e. The second-order valence-electron chi connectivity index (χ2n) is 5.57. The van der Waals surface area contributed by atoms with Crippen molar-refractivity contribution in [3.63, 3.8) is 0 Å². The second-order valence-corrected chi connectivity index (χ2v) is 10.00. The molecule has 2 nitrogen and oxygen atoms in total. The third kappa shape index (κ3) is 5.17. The molecule has 0 rings (SSSR count). The van der Waals surface area contributed by atoms with Gasteiger partial charge in [-0.3, -0.25) is 0 Å². The van der Waals surface area contributed by atoms with Gasteiger partial charge in [0.15, 0.2) is 0 Å². The second kappa shape index (κ2) is 6.45. The minimum atomic E-state index is -1.57. The maximum absolute atomic E-state index is 10.2. The summed E-state index contributed by atoms with van der Waals surface area (Å²) in [4.78, 5) is 0. The van der Waals surface area contributed by atoms with Crippen LogP contribution in [0.4, 0.5) is 0 Å². The van der Waals surface area contributed by atoms with Crippen LogP contribution in [0.25, 0.3) is 0 Å². The van der Waals surface area contributed by atoms with Gasteiger partial charge in [0.2, 0.25) is 8.32 Å². The lowest BCUT2D eigenvalue weighted by Crippen LogP contribution is -2.32. The molecule has 1 N–H and O–H groups in total. The van der Waals surface area contributed by atoms with Gasteiger partial charge in [0.25, 0.3) is 0 Å². The highest BCUT2D eigenvalue weighted by Crippen LogP contribution is 2.25. The maximum Gasteiger partial charge on any atom is 0.241 e. The van der Waals surface area contributed by atoms with E-state index in [2.05, 4.69) is 33.5 Å². The lowest BCUT2D eigenvalue weighted by atomic mass is 9.90. The Labute approximate surface area is 102 Å². The molecule has 0 aliphatic rings. The van der Waals surface area contributed by atoms with Crippen LogP contribution in [-0.2, 0) is 4.43 Å². The molecular formula is C13H28O2Si. The summed E-state index contributed by atoms with van der Waals surface area (Å²) in [6, 6.07) is 0. The summed E-state index contributed by atoms with van der Waals surface area (Å²) in [6.45, 7) is 14.7. The molecule has 0 bridgehead atoms. The van der Waals surface area contributed by atoms with Crippen LogP contribution in [-0.4, -0.2) is 19.5 Å². The first-order valence-electron chi connectivity index (χ1n) is 6.26. The van der Waals surface area contributed by atoms with Gasteiger partial charge in [0, 0.05) is 5.92 Å². The van der Waals surface area contributed by atoms with E-state index in [0.717, 1.165) is 12.2 Å². The van der Waals surface area contributed by atoms with Crippen molar-refractivity contribution < 1.29 is 9.53 Å². The molecule has 0 aromatic heterocycles. The fourth-order valence-electron chi connectivity index (χ4n) is 1.67. The molecule has 0 aromatic carbocycles. The minimum absolute atomic E-state index is 0.0895. The van der Waals surface area contributed by atoms with Crippen LogP contribution in [0.2, 0.25) is 19.6 Å². The summed E-state index contributed by atoms with van der Waals surface area (Å²) in [5.74, 6) is 1.36. The molecule has 3 heteroatoms. The van der Waals surface area contributed by atoms with Crippen LogP contribution in [0.3, 0.4) is 0 Å². The molecule has 0 saturated heterocycles. The third-order valence-corrected chi connectivity index (χ3v) is 3.74. The summed E-state index contributed by atoms with van der Waals surface area (Å²) in [7, 11) is -1.57. The van der Waals surface area contributed by atoms with Crippen LogP contribution >= 0.6 is 0 Å². The molecule has 0 radical (unpaired) electrons. The summed E-state index contributed by atoms with van der Waals surface area (Å²) in [5, 5.41) is 10.2. The fourth-order valence-corrected chi connectivity index (χ4v) is 2.68. The molecular weight excluding hydrogens is 216 g/mol. The molecule has 0 amide bonds. The standard InChI is InChI=1S/C13H28O2Si/c1-8-10(3)13(14)11(4)12(9-2)15-16(5,6)7/h9-11,13-14H,8H2,1-7H3/b12-9+/t10-,11+,13-/m0/s1. The first-order chi connectivity index (χ1) is 7.22. The molecule has 3 atom stereocenters. The van der Waals surface area contributed by atoms with Crippen molar-refractivity contribution in [3.05, 3.63) is 11.8 Å². The highest BCUT2D eigenvalue weighted by Gasteiger charge is 2.27. The van der Waals surface area contributed by atoms with Crippen molar-refractivity contribution >= 4 is 8.32 Å². The van der Waals surface area contributed by atoms with Gasteiger partial charge in [-0.1, -0.05) is 33.3 Å². The zero-order valence-corrected chi connectivity index (χ0v) is 12.9. The minimum Gasteiger partial charge on any atom is -0.547 e. The molecule has 0 unspecified atom stereocenters. The van der Waals surface area contributed by atoms with Crippen LogP contribution in [0.1, 0.15) is 34.1 Å². The van der Waals surface area contributed by atoms with Crippen molar-refractivity contribution in [1.82, 2.24) is 0 Å². The summed E-state index contributed by atoms with van der Waals surface area (Å²) in [5.41, 5.74) is 0. The fraction of sp³-hybridized carbons (Fsp3) is 0.846. The van der Waals surface area contributed by atoms with Gasteiger partial charge in [0.05, 0.1) is 11.9 Å². The molecule has 0 aliphatic heterocycles. The monoisotopic (exact) mass is 244 g/mol. The van der Waals surface area contributed by atoms with E-state index in [9.17, 15) is 5.11 Å². The van der Waals surface area contributed by atoms with E-state index >= 15 is 0 Å². The highest BCUT2D eigenvalue weighted by atomic mass is 28.4. The maximum atomic E-state index is 10.2. The Morgan fingerprint density at radius 3 is 2.12 bits per heavy atom. The highest BCUT2D eigenvalue weighted by molar-refractivity contribution is 6.70. The first-order valence-corrected chi connectivity index (χ1v) is 9.67. The first kappa shape index (κ1) is 15.7. The molecule has 96 valence electrons. The van der Waals surface area contributed by atoms with E-state index in [1.165, 1.54) is 0 Å². The number of hydrogen-bond donors (Lipinski definition) is 1. The van der Waals surface area contributed by atoms with Crippen molar-refractivity contribution in [1.29, 1.82) is 0 Å². The van der Waals surface area contributed by atoms with E-state index in [1.54, 1.807) is 0 Å². The third-order valence-electron chi connectivity index (χ3n) is 2.90. The van der Waals surface area contributed by atoms with E-state index in [-0.39, 0.29) is 12.0 Å². The Hall–Kier alpha value is -0.283. The molecule has 16 heavy (non-hydrogen) atoms. The van der Waals surface area contributed by atoms with Crippen molar-refractivity contribution in [2.45, 2.75) is 59.9 Å². The number of aliphatic hydroxyl groups is 1. The molecule has 0 aliphatic carbocycles. The Bertz CT molecular complexity index is 231. The average molecular weight is 244 g/mol. The Morgan fingerprint density at radius 2 is 1.81 bits per heavy atom. The van der Waals surface area contributed by atoms with Crippen LogP contribution in [0, 0.1) is 11.8 Å². The number of allylic oxidation sites excluding steroid dienone is 1. The Kier molecular flexibility index (Phi) is 6.34. The molecule has 0 spiro atoms. The van der Waals surface area contributed by atoms with Crippen molar-refractivity contribution in [2.24, 2.45) is 11.8 Å². The van der Waals surface area contributed by atoms with Gasteiger partial charge in [-0.05, 0) is 32.5 Å². The normalized spacial score (nSPS) is 19.1. The number of hydrogen-bond acceptors (Lipinski definition) is 2. The van der Waals surface area contributed by atoms with Gasteiger partial charge in [-0.2, -0.15) is 0 Å². The van der Waals surface area contributed by atoms with Crippen LogP contribution in [0.15, 0.2) is 11.8 Å². The van der Waals surface area contributed by atoms with Gasteiger partial charge in [0.1, 0.15) is 0 Å². The van der Waals surface area contributed by atoms with Crippen LogP contribution < -0.4 is 0 Å². The topological polar surface area (TPSA) is 29.5 Å². The largest absolute Gasteiger partial charge is 0.547 e. The van der Waals surface area contributed by atoms with Gasteiger partial charge >= 0.3 is 0 Å². The predicted octanol–water partition coefficient (Wildman–Crippen LogP) is 3.78. The zero-order chi connectivity index (χ0) is 12.9. The molecule has 0 heterocycles. The number of aliphatic hydroxyl groups excluding tert-OH is 1. The Balaban J connectivity index is 4.61. The molecule has 0 fully saturated rings.